The van der Waals surface area contributed by atoms with Gasteiger partial charge in [0.2, 0.25) is 11.8 Å². The van der Waals surface area contributed by atoms with Crippen molar-refractivity contribution in [1.82, 2.24) is 20.4 Å². The number of hydrogen-bond donors (Lipinski definition) is 3. The lowest BCUT2D eigenvalue weighted by Gasteiger charge is -2.18. The van der Waals surface area contributed by atoms with Crippen LogP contribution in [0.3, 0.4) is 0 Å². The zero-order chi connectivity index (χ0) is 20.8. The van der Waals surface area contributed by atoms with Gasteiger partial charge < -0.3 is 14.5 Å². The van der Waals surface area contributed by atoms with Gasteiger partial charge in [-0.2, -0.15) is 0 Å². The molecular weight excluding hydrogens is 421 g/mol. The maximum absolute atomic E-state index is 12.2. The molecule has 152 valence electrons. The molecule has 0 saturated carbocycles. The standard InChI is InChI=1S/C18H17Cl2N5O4/c1-18(2)4-3-9-13(18)15(26)23-24-16(9)29-14-10(19)5-8(6-11(14)20)21-7-12-22-25-17(27)28-12/h5-6,21H,3-4,7H2,1-2H3,(H,23,26)(H,25,27). The van der Waals surface area contributed by atoms with Gasteiger partial charge in [0.15, 0.2) is 5.75 Å². The maximum atomic E-state index is 12.2. The first-order valence-corrected chi connectivity index (χ1v) is 9.57. The number of aromatic nitrogens is 4. The van der Waals surface area contributed by atoms with E-state index in [1.807, 2.05) is 13.8 Å². The van der Waals surface area contributed by atoms with Crippen molar-refractivity contribution in [3.63, 3.8) is 0 Å². The van der Waals surface area contributed by atoms with Gasteiger partial charge in [0, 0.05) is 16.8 Å². The van der Waals surface area contributed by atoms with E-state index in [0.29, 0.717) is 17.7 Å². The summed E-state index contributed by atoms with van der Waals surface area (Å²) in [6, 6.07) is 3.23. The van der Waals surface area contributed by atoms with E-state index in [2.05, 4.69) is 25.7 Å². The number of aromatic amines is 2. The molecule has 0 aliphatic heterocycles. The monoisotopic (exact) mass is 437 g/mol. The highest BCUT2D eigenvalue weighted by Gasteiger charge is 2.36. The Hall–Kier alpha value is -2.78. The van der Waals surface area contributed by atoms with Crippen LogP contribution in [-0.4, -0.2) is 20.4 Å². The minimum Gasteiger partial charge on any atom is -0.434 e. The Kier molecular flexibility index (Phi) is 4.87. The average Bonchev–Trinajstić information content (AvgIpc) is 3.21. The average molecular weight is 438 g/mol. The third-order valence-corrected chi connectivity index (χ3v) is 5.41. The van der Waals surface area contributed by atoms with Gasteiger partial charge in [-0.25, -0.2) is 15.0 Å². The largest absolute Gasteiger partial charge is 0.434 e. The van der Waals surface area contributed by atoms with Crippen LogP contribution in [0.5, 0.6) is 11.6 Å². The molecule has 1 aliphatic carbocycles. The van der Waals surface area contributed by atoms with E-state index in [4.69, 9.17) is 32.4 Å². The molecule has 0 fully saturated rings. The zero-order valence-electron chi connectivity index (χ0n) is 15.6. The van der Waals surface area contributed by atoms with Crippen molar-refractivity contribution in [2.75, 3.05) is 5.32 Å². The van der Waals surface area contributed by atoms with E-state index in [9.17, 15) is 9.59 Å². The Morgan fingerprint density at radius 1 is 1.21 bits per heavy atom. The molecule has 9 nitrogen and oxygen atoms in total. The normalized spacial score (nSPS) is 14.6. The lowest BCUT2D eigenvalue weighted by atomic mass is 9.88. The molecule has 0 unspecified atom stereocenters. The van der Waals surface area contributed by atoms with E-state index in [1.54, 1.807) is 12.1 Å². The molecule has 2 heterocycles. The van der Waals surface area contributed by atoms with Gasteiger partial charge in [0.25, 0.3) is 5.56 Å². The van der Waals surface area contributed by atoms with E-state index >= 15 is 0 Å². The van der Waals surface area contributed by atoms with Crippen LogP contribution >= 0.6 is 23.2 Å². The number of hydrogen-bond acceptors (Lipinski definition) is 7. The van der Waals surface area contributed by atoms with E-state index in [-0.39, 0.29) is 45.1 Å². The maximum Gasteiger partial charge on any atom is 0.434 e. The second kappa shape index (κ2) is 7.23. The van der Waals surface area contributed by atoms with E-state index in [0.717, 1.165) is 12.0 Å². The van der Waals surface area contributed by atoms with Crippen LogP contribution in [0.2, 0.25) is 10.0 Å². The number of ether oxygens (including phenoxy) is 1. The molecule has 1 aromatic carbocycles. The zero-order valence-corrected chi connectivity index (χ0v) is 17.1. The summed E-state index contributed by atoms with van der Waals surface area (Å²) in [5, 5.41) is 15.9. The topological polar surface area (TPSA) is 126 Å². The highest BCUT2D eigenvalue weighted by atomic mass is 35.5. The number of anilines is 1. The first kappa shape index (κ1) is 19.5. The Bertz CT molecular complexity index is 1170. The fourth-order valence-electron chi connectivity index (χ4n) is 3.43. The lowest BCUT2D eigenvalue weighted by Crippen LogP contribution is -2.25. The number of halogens is 2. The quantitative estimate of drug-likeness (QED) is 0.558. The van der Waals surface area contributed by atoms with Gasteiger partial charge in [-0.15, -0.1) is 10.2 Å². The summed E-state index contributed by atoms with van der Waals surface area (Å²) in [6.45, 7) is 4.19. The molecular formula is C18H17Cl2N5O4. The Morgan fingerprint density at radius 3 is 2.59 bits per heavy atom. The van der Waals surface area contributed by atoms with Gasteiger partial charge >= 0.3 is 5.76 Å². The second-order valence-corrected chi connectivity index (χ2v) is 8.14. The number of nitrogens with one attached hydrogen (secondary N) is 3. The molecule has 0 amide bonds. The van der Waals surface area contributed by atoms with Crippen LogP contribution in [0.25, 0.3) is 0 Å². The Morgan fingerprint density at radius 2 is 1.93 bits per heavy atom. The first-order chi connectivity index (χ1) is 13.7. The minimum atomic E-state index is -0.634. The van der Waals surface area contributed by atoms with Crippen LogP contribution in [0.1, 0.15) is 37.3 Å². The van der Waals surface area contributed by atoms with Crippen LogP contribution in [0.15, 0.2) is 26.1 Å². The van der Waals surface area contributed by atoms with E-state index in [1.165, 1.54) is 0 Å². The van der Waals surface area contributed by atoms with Crippen LogP contribution in [0.4, 0.5) is 5.69 Å². The molecule has 2 aromatic heterocycles. The highest BCUT2D eigenvalue weighted by Crippen LogP contribution is 2.43. The van der Waals surface area contributed by atoms with Crippen molar-refractivity contribution in [2.45, 2.75) is 38.6 Å². The molecule has 4 rings (SSSR count). The SMILES string of the molecule is CC1(C)CCc2c(Oc3c(Cl)cc(NCc4n[nH]c(=O)o4)cc3Cl)n[nH]c(=O)c21. The van der Waals surface area contributed by atoms with Crippen LogP contribution in [-0.2, 0) is 18.4 Å². The molecule has 0 radical (unpaired) electrons. The molecule has 0 spiro atoms. The predicted octanol–water partition coefficient (Wildman–Crippen LogP) is 3.38. The molecule has 0 saturated heterocycles. The molecule has 0 atom stereocenters. The third-order valence-electron chi connectivity index (χ3n) is 4.85. The molecule has 29 heavy (non-hydrogen) atoms. The summed E-state index contributed by atoms with van der Waals surface area (Å²) >= 11 is 12.7. The first-order valence-electron chi connectivity index (χ1n) is 8.82. The van der Waals surface area contributed by atoms with Crippen molar-refractivity contribution >= 4 is 28.9 Å². The molecule has 1 aliphatic rings. The molecule has 11 heteroatoms. The van der Waals surface area contributed by atoms with Crippen molar-refractivity contribution in [3.8, 4) is 11.6 Å². The number of rotatable bonds is 5. The van der Waals surface area contributed by atoms with Gasteiger partial charge in [-0.1, -0.05) is 37.0 Å². The number of fused-ring (bicyclic) bond motifs is 1. The predicted molar refractivity (Wildman–Crippen MR) is 107 cm³/mol. The highest BCUT2D eigenvalue weighted by molar-refractivity contribution is 6.37. The lowest BCUT2D eigenvalue weighted by molar-refractivity contribution is 0.448. The summed E-state index contributed by atoms with van der Waals surface area (Å²) in [7, 11) is 0. The summed E-state index contributed by atoms with van der Waals surface area (Å²) in [5.41, 5.74) is 1.55. The summed E-state index contributed by atoms with van der Waals surface area (Å²) in [6.07, 6.45) is 1.50. The third kappa shape index (κ3) is 3.75. The summed E-state index contributed by atoms with van der Waals surface area (Å²) in [4.78, 5) is 23.2. The number of H-pyrrole nitrogens is 2. The minimum absolute atomic E-state index is 0.162. The smallest absolute Gasteiger partial charge is 0.434 e. The van der Waals surface area contributed by atoms with Gasteiger partial charge in [0.05, 0.1) is 16.6 Å². The fraction of sp³-hybridized carbons (Fsp3) is 0.333. The molecule has 3 N–H and O–H groups in total. The Balaban J connectivity index is 1.60. The Labute approximate surface area is 174 Å². The molecule has 0 bridgehead atoms. The number of benzene rings is 1. The van der Waals surface area contributed by atoms with Gasteiger partial charge in [-0.3, -0.25) is 4.79 Å². The van der Waals surface area contributed by atoms with Crippen LogP contribution < -0.4 is 21.4 Å². The van der Waals surface area contributed by atoms with Crippen LogP contribution in [0, 0.1) is 0 Å². The van der Waals surface area contributed by atoms with Crippen molar-refractivity contribution < 1.29 is 9.15 Å². The van der Waals surface area contributed by atoms with Crippen molar-refractivity contribution in [3.05, 3.63) is 60.1 Å². The van der Waals surface area contributed by atoms with Gasteiger partial charge in [-0.05, 0) is 30.4 Å². The number of nitrogens with zero attached hydrogens (tertiary/aromatic N) is 2. The van der Waals surface area contributed by atoms with Crippen molar-refractivity contribution in [2.24, 2.45) is 0 Å². The summed E-state index contributed by atoms with van der Waals surface area (Å²) < 4.78 is 10.7. The molecule has 3 aromatic rings. The van der Waals surface area contributed by atoms with Crippen molar-refractivity contribution in [1.29, 1.82) is 0 Å². The van der Waals surface area contributed by atoms with E-state index < -0.39 is 5.76 Å². The summed E-state index contributed by atoms with van der Waals surface area (Å²) in [5.74, 6) is 0.0773. The fourth-order valence-corrected chi connectivity index (χ4v) is 4.00. The van der Waals surface area contributed by atoms with Gasteiger partial charge in [0.1, 0.15) is 0 Å². The second-order valence-electron chi connectivity index (χ2n) is 7.33.